The Morgan fingerprint density at radius 1 is 1.37 bits per heavy atom. The molecule has 1 fully saturated rings. The van der Waals surface area contributed by atoms with Crippen molar-refractivity contribution in [3.8, 4) is 0 Å². The smallest absolute Gasteiger partial charge is 0.237 e. The van der Waals surface area contributed by atoms with Crippen LogP contribution in [0.1, 0.15) is 37.3 Å². The fourth-order valence-electron chi connectivity index (χ4n) is 2.69. The van der Waals surface area contributed by atoms with E-state index >= 15 is 0 Å². The van der Waals surface area contributed by atoms with Crippen LogP contribution in [0.15, 0.2) is 18.2 Å². The lowest BCUT2D eigenvalue weighted by molar-refractivity contribution is -0.133. The van der Waals surface area contributed by atoms with E-state index in [1.165, 1.54) is 5.56 Å². The maximum absolute atomic E-state index is 12.5. The molecule has 0 N–H and O–H groups in total. The Labute approximate surface area is 114 Å². The highest BCUT2D eigenvalue weighted by Gasteiger charge is 2.34. The van der Waals surface area contributed by atoms with E-state index in [-0.39, 0.29) is 11.7 Å². The second-order valence-corrected chi connectivity index (χ2v) is 5.22. The first-order valence-electron chi connectivity index (χ1n) is 6.96. The zero-order valence-electron chi connectivity index (χ0n) is 11.9. The molecule has 0 radical (unpaired) electrons. The van der Waals surface area contributed by atoms with Gasteiger partial charge < -0.3 is 4.90 Å². The van der Waals surface area contributed by atoms with Crippen LogP contribution in [0.4, 0.5) is 5.69 Å². The summed E-state index contributed by atoms with van der Waals surface area (Å²) in [6.07, 6.45) is 2.04. The zero-order chi connectivity index (χ0) is 14.0. The Morgan fingerprint density at radius 3 is 2.79 bits per heavy atom. The van der Waals surface area contributed by atoms with Crippen molar-refractivity contribution in [2.75, 3.05) is 11.4 Å². The summed E-state index contributed by atoms with van der Waals surface area (Å²) in [6.45, 7) is 6.62. The fraction of sp³-hybridized carbons (Fsp3) is 0.500. The summed E-state index contributed by atoms with van der Waals surface area (Å²) in [5, 5.41) is 0. The second kappa shape index (κ2) is 5.55. The van der Waals surface area contributed by atoms with Gasteiger partial charge in [0.25, 0.3) is 0 Å². The maximum atomic E-state index is 12.5. The number of hydrogen-bond donors (Lipinski definition) is 0. The van der Waals surface area contributed by atoms with Crippen LogP contribution in [0, 0.1) is 19.8 Å². The van der Waals surface area contributed by atoms with Gasteiger partial charge in [-0.3, -0.25) is 9.59 Å². The van der Waals surface area contributed by atoms with Crippen LogP contribution in [-0.4, -0.2) is 18.2 Å². The predicted octanol–water partition coefficient (Wildman–Crippen LogP) is 3.03. The third-order valence-corrected chi connectivity index (χ3v) is 4.04. The van der Waals surface area contributed by atoms with E-state index in [9.17, 15) is 9.59 Å². The van der Waals surface area contributed by atoms with E-state index < -0.39 is 5.92 Å². The van der Waals surface area contributed by atoms with Gasteiger partial charge in [-0.25, -0.2) is 0 Å². The molecule has 1 saturated heterocycles. The molecule has 0 spiro atoms. The number of rotatable bonds is 3. The molecule has 102 valence electrons. The van der Waals surface area contributed by atoms with Crippen molar-refractivity contribution in [1.29, 1.82) is 0 Å². The van der Waals surface area contributed by atoms with Crippen LogP contribution >= 0.6 is 0 Å². The Morgan fingerprint density at radius 2 is 2.11 bits per heavy atom. The van der Waals surface area contributed by atoms with Crippen molar-refractivity contribution < 1.29 is 9.59 Å². The molecule has 0 saturated carbocycles. The summed E-state index contributed by atoms with van der Waals surface area (Å²) < 4.78 is 0. The highest BCUT2D eigenvalue weighted by Crippen LogP contribution is 2.29. The standard InChI is InChI=1S/C16H21NO2/c1-4-15(18)13-8-6-10-17(16(13)19)14-9-5-7-11(2)12(14)3/h5,7,9,13H,4,6,8,10H2,1-3H3. The molecule has 1 atom stereocenters. The summed E-state index contributed by atoms with van der Waals surface area (Å²) in [5.74, 6) is -0.384. The number of ketones is 1. The molecule has 1 aromatic carbocycles. The summed E-state index contributed by atoms with van der Waals surface area (Å²) in [6, 6.07) is 5.98. The number of carbonyl (C=O) groups excluding carboxylic acids is 2. The molecule has 19 heavy (non-hydrogen) atoms. The van der Waals surface area contributed by atoms with Gasteiger partial charge >= 0.3 is 0 Å². The highest BCUT2D eigenvalue weighted by molar-refractivity contribution is 6.09. The van der Waals surface area contributed by atoms with Crippen molar-refractivity contribution in [2.24, 2.45) is 5.92 Å². The third-order valence-electron chi connectivity index (χ3n) is 4.04. The minimum Gasteiger partial charge on any atom is -0.312 e. The molecule has 1 amide bonds. The molecular formula is C16H21NO2. The maximum Gasteiger partial charge on any atom is 0.237 e. The number of benzene rings is 1. The van der Waals surface area contributed by atoms with Gasteiger partial charge in [-0.2, -0.15) is 0 Å². The molecule has 3 nitrogen and oxygen atoms in total. The molecule has 1 aliphatic rings. The number of Topliss-reactive ketones (excluding diaryl/α,β-unsaturated/α-hetero) is 1. The largest absolute Gasteiger partial charge is 0.312 e. The molecule has 0 bridgehead atoms. The number of carbonyl (C=O) groups is 2. The Kier molecular flexibility index (Phi) is 4.03. The lowest BCUT2D eigenvalue weighted by atomic mass is 9.90. The molecule has 0 aliphatic carbocycles. The second-order valence-electron chi connectivity index (χ2n) is 5.22. The molecule has 0 aromatic heterocycles. The van der Waals surface area contributed by atoms with Crippen LogP contribution in [0.3, 0.4) is 0 Å². The van der Waals surface area contributed by atoms with E-state index in [1.807, 2.05) is 39.0 Å². The summed E-state index contributed by atoms with van der Waals surface area (Å²) in [5.41, 5.74) is 3.26. The molecular weight excluding hydrogens is 238 g/mol. The summed E-state index contributed by atoms with van der Waals surface area (Å²) >= 11 is 0. The quantitative estimate of drug-likeness (QED) is 0.782. The van der Waals surface area contributed by atoms with Crippen LogP contribution in [0.25, 0.3) is 0 Å². The predicted molar refractivity (Wildman–Crippen MR) is 76.3 cm³/mol. The van der Waals surface area contributed by atoms with Crippen LogP contribution in [0.5, 0.6) is 0 Å². The third kappa shape index (κ3) is 2.55. The molecule has 3 heteroatoms. The zero-order valence-corrected chi connectivity index (χ0v) is 11.9. The van der Waals surface area contributed by atoms with E-state index in [2.05, 4.69) is 0 Å². The molecule has 1 heterocycles. The van der Waals surface area contributed by atoms with Crippen molar-refractivity contribution in [3.63, 3.8) is 0 Å². The minimum absolute atomic E-state index is 0.0215. The van der Waals surface area contributed by atoms with Gasteiger partial charge in [0, 0.05) is 18.7 Å². The van der Waals surface area contributed by atoms with Crippen molar-refractivity contribution in [2.45, 2.75) is 40.0 Å². The van der Waals surface area contributed by atoms with Crippen LogP contribution < -0.4 is 4.90 Å². The van der Waals surface area contributed by atoms with Gasteiger partial charge in [-0.1, -0.05) is 19.1 Å². The Balaban J connectivity index is 2.32. The number of amides is 1. The molecule has 2 rings (SSSR count). The molecule has 1 aliphatic heterocycles. The van der Waals surface area contributed by atoms with E-state index in [0.29, 0.717) is 12.8 Å². The van der Waals surface area contributed by atoms with Gasteiger partial charge in [-0.15, -0.1) is 0 Å². The van der Waals surface area contributed by atoms with E-state index in [0.717, 1.165) is 24.2 Å². The number of hydrogen-bond acceptors (Lipinski definition) is 2. The first kappa shape index (κ1) is 13.8. The number of aryl methyl sites for hydroxylation is 1. The van der Waals surface area contributed by atoms with Crippen LogP contribution in [-0.2, 0) is 9.59 Å². The number of nitrogens with zero attached hydrogens (tertiary/aromatic N) is 1. The Hall–Kier alpha value is -1.64. The summed E-state index contributed by atoms with van der Waals surface area (Å²) in [4.78, 5) is 26.1. The van der Waals surface area contributed by atoms with E-state index in [4.69, 9.17) is 0 Å². The molecule has 1 unspecified atom stereocenters. The van der Waals surface area contributed by atoms with Crippen molar-refractivity contribution >= 4 is 17.4 Å². The van der Waals surface area contributed by atoms with Gasteiger partial charge in [0.15, 0.2) is 0 Å². The first-order valence-corrected chi connectivity index (χ1v) is 6.96. The Bertz CT molecular complexity index is 507. The average molecular weight is 259 g/mol. The van der Waals surface area contributed by atoms with Gasteiger partial charge in [0.1, 0.15) is 5.78 Å². The van der Waals surface area contributed by atoms with E-state index in [1.54, 1.807) is 4.90 Å². The van der Waals surface area contributed by atoms with Gasteiger partial charge in [-0.05, 0) is 43.9 Å². The van der Waals surface area contributed by atoms with Crippen molar-refractivity contribution in [1.82, 2.24) is 0 Å². The minimum atomic E-state index is -0.432. The number of piperidine rings is 1. The lowest BCUT2D eigenvalue weighted by Gasteiger charge is -2.32. The first-order chi connectivity index (χ1) is 9.06. The van der Waals surface area contributed by atoms with Gasteiger partial charge in [0.2, 0.25) is 5.91 Å². The lowest BCUT2D eigenvalue weighted by Crippen LogP contribution is -2.44. The van der Waals surface area contributed by atoms with Gasteiger partial charge in [0.05, 0.1) is 5.92 Å². The fourth-order valence-corrected chi connectivity index (χ4v) is 2.69. The average Bonchev–Trinajstić information content (AvgIpc) is 2.42. The normalized spacial score (nSPS) is 19.6. The monoisotopic (exact) mass is 259 g/mol. The topological polar surface area (TPSA) is 37.4 Å². The van der Waals surface area contributed by atoms with Crippen molar-refractivity contribution in [3.05, 3.63) is 29.3 Å². The summed E-state index contributed by atoms with van der Waals surface area (Å²) in [7, 11) is 0. The van der Waals surface area contributed by atoms with Crippen LogP contribution in [0.2, 0.25) is 0 Å². The highest BCUT2D eigenvalue weighted by atomic mass is 16.2. The SMILES string of the molecule is CCC(=O)C1CCCN(c2cccc(C)c2C)C1=O. The number of anilines is 1. The molecule has 1 aromatic rings.